The van der Waals surface area contributed by atoms with Gasteiger partial charge in [0.15, 0.2) is 0 Å². The van der Waals surface area contributed by atoms with Crippen molar-refractivity contribution in [3.8, 4) is 0 Å². The first-order valence-electron chi connectivity index (χ1n) is 6.50. The molecular formula is C13H17ClN4O2. The van der Waals surface area contributed by atoms with Gasteiger partial charge in [0.2, 0.25) is 0 Å². The molecule has 0 aliphatic rings. The number of hydrogen-bond donors (Lipinski definition) is 1. The molecule has 6 nitrogen and oxygen atoms in total. The highest BCUT2D eigenvalue weighted by molar-refractivity contribution is 6.30. The van der Waals surface area contributed by atoms with E-state index < -0.39 is 5.69 Å². The Balaban J connectivity index is 2.21. The maximum Gasteiger partial charge on any atom is 0.329 e. The second kappa shape index (κ2) is 6.09. The van der Waals surface area contributed by atoms with Crippen LogP contribution in [0.3, 0.4) is 0 Å². The Kier molecular flexibility index (Phi) is 4.44. The summed E-state index contributed by atoms with van der Waals surface area (Å²) in [6.07, 6.45) is 4.18. The van der Waals surface area contributed by atoms with Gasteiger partial charge in [-0.05, 0) is 18.4 Å². The monoisotopic (exact) mass is 296 g/mol. The fourth-order valence-corrected chi connectivity index (χ4v) is 2.47. The average molecular weight is 297 g/mol. The normalized spacial score (nSPS) is 11.2. The Morgan fingerprint density at radius 3 is 2.70 bits per heavy atom. The zero-order valence-electron chi connectivity index (χ0n) is 11.5. The Morgan fingerprint density at radius 2 is 2.10 bits per heavy atom. The lowest BCUT2D eigenvalue weighted by Crippen LogP contribution is -2.38. The van der Waals surface area contributed by atoms with Gasteiger partial charge in [0.25, 0.3) is 5.56 Å². The predicted molar refractivity (Wildman–Crippen MR) is 77.3 cm³/mol. The topological polar surface area (TPSA) is 72.7 Å². The van der Waals surface area contributed by atoms with E-state index in [0.717, 1.165) is 0 Å². The molecule has 2 heterocycles. The maximum absolute atomic E-state index is 12.3. The average Bonchev–Trinajstić information content (AvgIpc) is 2.85. The van der Waals surface area contributed by atoms with Gasteiger partial charge in [0, 0.05) is 25.5 Å². The van der Waals surface area contributed by atoms with Crippen molar-refractivity contribution in [1.29, 1.82) is 0 Å². The summed E-state index contributed by atoms with van der Waals surface area (Å²) in [5.74, 6) is -0.0378. The summed E-state index contributed by atoms with van der Waals surface area (Å²) >= 11 is 5.93. The SMILES string of the molecule is CC(C)c1c(Cl)[nH]c(=O)n(CCCn2cccn2)c1=O. The van der Waals surface area contributed by atoms with Gasteiger partial charge in [0.05, 0.1) is 5.56 Å². The summed E-state index contributed by atoms with van der Waals surface area (Å²) in [6, 6.07) is 1.83. The van der Waals surface area contributed by atoms with Gasteiger partial charge in [-0.2, -0.15) is 5.10 Å². The number of aryl methyl sites for hydroxylation is 1. The third-order valence-corrected chi connectivity index (χ3v) is 3.38. The molecule has 0 unspecified atom stereocenters. The Bertz CT molecular complexity index is 685. The van der Waals surface area contributed by atoms with E-state index in [1.54, 1.807) is 10.9 Å². The van der Waals surface area contributed by atoms with Gasteiger partial charge in [-0.1, -0.05) is 25.4 Å². The van der Waals surface area contributed by atoms with Gasteiger partial charge >= 0.3 is 5.69 Å². The van der Waals surface area contributed by atoms with Gasteiger partial charge in [-0.25, -0.2) is 4.79 Å². The molecular weight excluding hydrogens is 280 g/mol. The molecule has 0 bridgehead atoms. The third-order valence-electron chi connectivity index (χ3n) is 3.08. The number of H-pyrrole nitrogens is 1. The van der Waals surface area contributed by atoms with E-state index in [-0.39, 0.29) is 16.6 Å². The molecule has 2 aromatic heterocycles. The molecule has 0 amide bonds. The number of aromatic nitrogens is 4. The quantitative estimate of drug-likeness (QED) is 0.852. The van der Waals surface area contributed by atoms with Crippen molar-refractivity contribution >= 4 is 11.6 Å². The predicted octanol–water partition coefficient (Wildman–Crippen LogP) is 1.60. The molecule has 0 saturated carbocycles. The van der Waals surface area contributed by atoms with Crippen molar-refractivity contribution < 1.29 is 0 Å². The first-order chi connectivity index (χ1) is 9.50. The van der Waals surface area contributed by atoms with E-state index >= 15 is 0 Å². The summed E-state index contributed by atoms with van der Waals surface area (Å²) in [5, 5.41) is 4.21. The lowest BCUT2D eigenvalue weighted by molar-refractivity contribution is 0.503. The molecule has 0 spiro atoms. The second-order valence-corrected chi connectivity index (χ2v) is 5.27. The van der Waals surface area contributed by atoms with Crippen molar-refractivity contribution in [2.75, 3.05) is 0 Å². The molecule has 0 aliphatic heterocycles. The number of halogens is 1. The van der Waals surface area contributed by atoms with Crippen LogP contribution in [0.4, 0.5) is 0 Å². The van der Waals surface area contributed by atoms with Crippen molar-refractivity contribution in [1.82, 2.24) is 19.3 Å². The van der Waals surface area contributed by atoms with Crippen LogP contribution in [0.1, 0.15) is 31.7 Å². The van der Waals surface area contributed by atoms with Crippen LogP contribution in [0.2, 0.25) is 5.15 Å². The molecule has 7 heteroatoms. The summed E-state index contributed by atoms with van der Waals surface area (Å²) in [5.41, 5.74) is -0.329. The summed E-state index contributed by atoms with van der Waals surface area (Å²) < 4.78 is 2.96. The zero-order valence-corrected chi connectivity index (χ0v) is 12.2. The van der Waals surface area contributed by atoms with Gasteiger partial charge in [-0.3, -0.25) is 19.0 Å². The minimum atomic E-state index is -0.468. The number of nitrogens with zero attached hydrogens (tertiary/aromatic N) is 3. The maximum atomic E-state index is 12.3. The fraction of sp³-hybridized carbons (Fsp3) is 0.462. The van der Waals surface area contributed by atoms with Crippen LogP contribution in [0, 0.1) is 0 Å². The van der Waals surface area contributed by atoms with E-state index in [2.05, 4.69) is 10.1 Å². The van der Waals surface area contributed by atoms with E-state index in [9.17, 15) is 9.59 Å². The Morgan fingerprint density at radius 1 is 1.35 bits per heavy atom. The summed E-state index contributed by atoms with van der Waals surface area (Å²) in [6.45, 7) is 4.73. The standard InChI is InChI=1S/C13H17ClN4O2/c1-9(2)10-11(14)16-13(20)18(12(10)19)8-4-7-17-6-3-5-15-17/h3,5-6,9H,4,7-8H2,1-2H3,(H,16,20). The number of hydrogen-bond acceptors (Lipinski definition) is 3. The molecule has 20 heavy (non-hydrogen) atoms. The smallest absolute Gasteiger partial charge is 0.297 e. The second-order valence-electron chi connectivity index (χ2n) is 4.89. The lowest BCUT2D eigenvalue weighted by Gasteiger charge is -2.11. The number of rotatable bonds is 5. The fourth-order valence-electron chi connectivity index (χ4n) is 2.09. The first kappa shape index (κ1) is 14.6. The minimum Gasteiger partial charge on any atom is -0.297 e. The molecule has 2 rings (SSSR count). The van der Waals surface area contributed by atoms with E-state index in [4.69, 9.17) is 11.6 Å². The lowest BCUT2D eigenvalue weighted by atomic mass is 10.1. The van der Waals surface area contributed by atoms with Crippen LogP contribution in [0.25, 0.3) is 0 Å². The van der Waals surface area contributed by atoms with Crippen molar-refractivity contribution in [2.45, 2.75) is 39.3 Å². The molecule has 0 radical (unpaired) electrons. The molecule has 0 aromatic carbocycles. The highest BCUT2D eigenvalue weighted by Gasteiger charge is 2.15. The molecule has 0 fully saturated rings. The number of nitrogens with one attached hydrogen (secondary N) is 1. The third kappa shape index (κ3) is 3.01. The van der Waals surface area contributed by atoms with Crippen molar-refractivity contribution in [3.63, 3.8) is 0 Å². The molecule has 2 aromatic rings. The van der Waals surface area contributed by atoms with E-state index in [1.807, 2.05) is 26.1 Å². The van der Waals surface area contributed by atoms with Gasteiger partial charge in [-0.15, -0.1) is 0 Å². The van der Waals surface area contributed by atoms with Crippen LogP contribution in [-0.4, -0.2) is 19.3 Å². The first-order valence-corrected chi connectivity index (χ1v) is 6.88. The largest absolute Gasteiger partial charge is 0.329 e. The minimum absolute atomic E-state index is 0.0378. The van der Waals surface area contributed by atoms with Crippen LogP contribution >= 0.6 is 11.6 Å². The molecule has 0 atom stereocenters. The molecule has 0 aliphatic carbocycles. The van der Waals surface area contributed by atoms with Crippen LogP contribution in [-0.2, 0) is 13.1 Å². The highest BCUT2D eigenvalue weighted by Crippen LogP contribution is 2.16. The zero-order chi connectivity index (χ0) is 14.7. The van der Waals surface area contributed by atoms with E-state index in [1.165, 1.54) is 4.57 Å². The van der Waals surface area contributed by atoms with Crippen LogP contribution in [0.15, 0.2) is 28.0 Å². The molecule has 0 saturated heterocycles. The van der Waals surface area contributed by atoms with Crippen LogP contribution < -0.4 is 11.2 Å². The summed E-state index contributed by atoms with van der Waals surface area (Å²) in [7, 11) is 0. The Hall–Kier alpha value is -1.82. The van der Waals surface area contributed by atoms with Gasteiger partial charge in [0.1, 0.15) is 5.15 Å². The van der Waals surface area contributed by atoms with Crippen molar-refractivity contribution in [2.24, 2.45) is 0 Å². The number of aromatic amines is 1. The highest BCUT2D eigenvalue weighted by atomic mass is 35.5. The molecule has 1 N–H and O–H groups in total. The van der Waals surface area contributed by atoms with Crippen molar-refractivity contribution in [3.05, 3.63) is 50.0 Å². The summed E-state index contributed by atoms with van der Waals surface area (Å²) in [4.78, 5) is 26.6. The van der Waals surface area contributed by atoms with E-state index in [0.29, 0.717) is 25.1 Å². The molecule has 108 valence electrons. The Labute approximate surface area is 121 Å². The van der Waals surface area contributed by atoms with Crippen LogP contribution in [0.5, 0.6) is 0 Å². The van der Waals surface area contributed by atoms with Gasteiger partial charge < -0.3 is 0 Å².